The zero-order valence-electron chi connectivity index (χ0n) is 21.2. The highest BCUT2D eigenvalue weighted by Crippen LogP contribution is 2.34. The third-order valence-corrected chi connectivity index (χ3v) is 9.56. The zero-order chi connectivity index (χ0) is 26.0. The number of aromatic nitrogens is 1. The maximum Gasteiger partial charge on any atom is 0.243 e. The minimum Gasteiger partial charge on any atom is -0.495 e. The van der Waals surface area contributed by atoms with E-state index in [-0.39, 0.29) is 11.8 Å². The topological polar surface area (TPSA) is 101 Å². The lowest BCUT2D eigenvalue weighted by Crippen LogP contribution is -2.41. The Morgan fingerprint density at radius 1 is 1.11 bits per heavy atom. The van der Waals surface area contributed by atoms with Crippen LogP contribution in [-0.4, -0.2) is 50.9 Å². The van der Waals surface area contributed by atoms with Gasteiger partial charge in [-0.1, -0.05) is 17.7 Å². The Hall–Kier alpha value is -2.95. The van der Waals surface area contributed by atoms with Crippen molar-refractivity contribution in [1.82, 2.24) is 9.29 Å². The van der Waals surface area contributed by atoms with E-state index in [1.54, 1.807) is 7.11 Å². The summed E-state index contributed by atoms with van der Waals surface area (Å²) in [5.74, 6) is 0.126. The number of amides is 1. The van der Waals surface area contributed by atoms with E-state index >= 15 is 0 Å². The lowest BCUT2D eigenvalue weighted by molar-refractivity contribution is -0.120. The Bertz CT molecular complexity index is 1350. The fourth-order valence-electron chi connectivity index (χ4n) is 4.78. The summed E-state index contributed by atoms with van der Waals surface area (Å²) in [4.78, 5) is 18.1. The van der Waals surface area contributed by atoms with Gasteiger partial charge in [0.25, 0.3) is 0 Å². The second-order valence-electron chi connectivity index (χ2n) is 9.10. The second kappa shape index (κ2) is 10.6. The van der Waals surface area contributed by atoms with E-state index in [1.807, 2.05) is 63.5 Å². The number of carbonyl (C=O) groups excluding carboxylic acids is 1. The number of nitrogens with one attached hydrogen (secondary N) is 2. The number of nitrogens with zero attached hydrogens (tertiary/aromatic N) is 2. The van der Waals surface area contributed by atoms with Gasteiger partial charge < -0.3 is 15.4 Å². The summed E-state index contributed by atoms with van der Waals surface area (Å²) in [7, 11) is -0.243. The maximum absolute atomic E-state index is 13.4. The summed E-state index contributed by atoms with van der Waals surface area (Å²) in [6.45, 7) is 6.23. The molecule has 0 atom stereocenters. The molecule has 0 saturated carbocycles. The van der Waals surface area contributed by atoms with Gasteiger partial charge in [-0.15, -0.1) is 11.3 Å². The molecular weight excluding hydrogens is 496 g/mol. The van der Waals surface area contributed by atoms with Crippen LogP contribution in [0.1, 0.15) is 29.5 Å². The van der Waals surface area contributed by atoms with Crippen molar-refractivity contribution in [3.63, 3.8) is 0 Å². The number of aryl methyl sites for hydroxylation is 3. The first-order chi connectivity index (χ1) is 17.1. The van der Waals surface area contributed by atoms with E-state index in [1.165, 1.54) is 15.6 Å². The zero-order valence-corrected chi connectivity index (χ0v) is 22.8. The average molecular weight is 529 g/mol. The van der Waals surface area contributed by atoms with E-state index in [4.69, 9.17) is 4.74 Å². The van der Waals surface area contributed by atoms with Crippen LogP contribution in [0.4, 0.5) is 10.8 Å². The molecule has 1 fully saturated rings. The molecule has 2 heterocycles. The summed E-state index contributed by atoms with van der Waals surface area (Å²) in [5.41, 5.74) is 4.79. The average Bonchev–Trinajstić information content (AvgIpc) is 3.32. The molecule has 0 unspecified atom stereocenters. The molecule has 1 aromatic heterocycles. The van der Waals surface area contributed by atoms with Crippen molar-refractivity contribution in [2.24, 2.45) is 5.92 Å². The summed E-state index contributed by atoms with van der Waals surface area (Å²) < 4.78 is 33.7. The van der Waals surface area contributed by atoms with Crippen LogP contribution in [0.15, 0.2) is 40.6 Å². The van der Waals surface area contributed by atoms with Crippen molar-refractivity contribution in [2.75, 3.05) is 37.9 Å². The molecule has 2 aromatic carbocycles. The third-order valence-electron chi connectivity index (χ3n) is 6.50. The molecule has 0 radical (unpaired) electrons. The van der Waals surface area contributed by atoms with E-state index in [2.05, 4.69) is 15.6 Å². The predicted octanol–water partition coefficient (Wildman–Crippen LogP) is 4.83. The van der Waals surface area contributed by atoms with Crippen LogP contribution < -0.4 is 15.4 Å². The van der Waals surface area contributed by atoms with Gasteiger partial charge in [-0.3, -0.25) is 4.79 Å². The SMILES string of the molecule is CNc1nc(-c2ccc(OC)c(NC(=O)C3CCN(S(=O)(=O)c4c(C)cc(C)cc4C)CC3)c2)cs1. The van der Waals surface area contributed by atoms with Crippen LogP contribution >= 0.6 is 11.3 Å². The fourth-order valence-corrected chi connectivity index (χ4v) is 7.34. The summed E-state index contributed by atoms with van der Waals surface area (Å²) in [6.07, 6.45) is 0.906. The highest BCUT2D eigenvalue weighted by atomic mass is 32.2. The first-order valence-electron chi connectivity index (χ1n) is 11.8. The molecule has 3 aromatic rings. The molecule has 1 aliphatic rings. The van der Waals surface area contributed by atoms with Gasteiger partial charge in [-0.2, -0.15) is 4.31 Å². The Labute approximate surface area is 216 Å². The van der Waals surface area contributed by atoms with E-state index in [9.17, 15) is 13.2 Å². The molecule has 0 spiro atoms. The summed E-state index contributed by atoms with van der Waals surface area (Å²) in [5, 5.41) is 8.79. The molecule has 1 amide bonds. The minimum absolute atomic E-state index is 0.139. The fraction of sp³-hybridized carbons (Fsp3) is 0.385. The molecule has 1 saturated heterocycles. The quantitative estimate of drug-likeness (QED) is 0.456. The molecular formula is C26H32N4O4S2. The Morgan fingerprint density at radius 2 is 1.78 bits per heavy atom. The number of carbonyl (C=O) groups is 1. The molecule has 1 aliphatic heterocycles. The Morgan fingerprint density at radius 3 is 2.36 bits per heavy atom. The maximum atomic E-state index is 13.4. The standard InChI is InChI=1S/C26H32N4O4S2/c1-16-12-17(2)24(18(3)13-16)36(32,33)30-10-8-19(9-11-30)25(31)28-21-14-20(6-7-23(21)34-5)22-15-35-26(27-4)29-22/h6-7,12-15,19H,8-11H2,1-5H3,(H,27,29)(H,28,31). The second-order valence-corrected chi connectivity index (χ2v) is 11.8. The number of thiazole rings is 1. The molecule has 36 heavy (non-hydrogen) atoms. The molecule has 10 heteroatoms. The molecule has 8 nitrogen and oxygen atoms in total. The molecule has 4 rings (SSSR count). The van der Waals surface area contributed by atoms with E-state index in [0.29, 0.717) is 42.3 Å². The van der Waals surface area contributed by atoms with Crippen LogP contribution in [-0.2, 0) is 14.8 Å². The normalized spacial score (nSPS) is 15.0. The van der Waals surface area contributed by atoms with Crippen molar-refractivity contribution < 1.29 is 17.9 Å². The van der Waals surface area contributed by atoms with Gasteiger partial charge in [-0.05, 0) is 62.9 Å². The van der Waals surface area contributed by atoms with Gasteiger partial charge in [0.15, 0.2) is 5.13 Å². The van der Waals surface area contributed by atoms with Crippen LogP contribution in [0.5, 0.6) is 5.75 Å². The van der Waals surface area contributed by atoms with Gasteiger partial charge in [0.1, 0.15) is 5.75 Å². The largest absolute Gasteiger partial charge is 0.495 e. The summed E-state index contributed by atoms with van der Waals surface area (Å²) in [6, 6.07) is 9.36. The first-order valence-corrected chi connectivity index (χ1v) is 14.2. The van der Waals surface area contributed by atoms with Gasteiger partial charge in [0.05, 0.1) is 23.4 Å². The van der Waals surface area contributed by atoms with Crippen LogP contribution in [0.25, 0.3) is 11.3 Å². The number of sulfonamides is 1. The van der Waals surface area contributed by atoms with Crippen molar-refractivity contribution >= 4 is 38.1 Å². The van der Waals surface area contributed by atoms with E-state index < -0.39 is 10.0 Å². The van der Waals surface area contributed by atoms with Crippen LogP contribution in [0, 0.1) is 26.7 Å². The van der Waals surface area contributed by atoms with Gasteiger partial charge in [0.2, 0.25) is 15.9 Å². The molecule has 0 aliphatic carbocycles. The Balaban J connectivity index is 1.46. The number of piperidine rings is 1. The van der Waals surface area contributed by atoms with Crippen molar-refractivity contribution in [2.45, 2.75) is 38.5 Å². The van der Waals surface area contributed by atoms with Gasteiger partial charge in [-0.25, -0.2) is 13.4 Å². The van der Waals surface area contributed by atoms with Gasteiger partial charge >= 0.3 is 0 Å². The predicted molar refractivity (Wildman–Crippen MR) is 144 cm³/mol. The van der Waals surface area contributed by atoms with Crippen LogP contribution in [0.2, 0.25) is 0 Å². The lowest BCUT2D eigenvalue weighted by atomic mass is 9.97. The number of hydrogen-bond donors (Lipinski definition) is 2. The highest BCUT2D eigenvalue weighted by molar-refractivity contribution is 7.89. The number of rotatable bonds is 7. The first kappa shape index (κ1) is 26.1. The molecule has 2 N–H and O–H groups in total. The number of anilines is 2. The number of benzene rings is 2. The highest BCUT2D eigenvalue weighted by Gasteiger charge is 2.34. The number of methoxy groups -OCH3 is 1. The molecule has 192 valence electrons. The Kier molecular flexibility index (Phi) is 7.67. The van der Waals surface area contributed by atoms with Crippen LogP contribution in [0.3, 0.4) is 0 Å². The lowest BCUT2D eigenvalue weighted by Gasteiger charge is -2.31. The van der Waals surface area contributed by atoms with Crippen molar-refractivity contribution in [3.8, 4) is 17.0 Å². The smallest absolute Gasteiger partial charge is 0.243 e. The van der Waals surface area contributed by atoms with E-state index in [0.717, 1.165) is 33.1 Å². The minimum atomic E-state index is -3.62. The monoisotopic (exact) mass is 528 g/mol. The summed E-state index contributed by atoms with van der Waals surface area (Å²) >= 11 is 1.51. The van der Waals surface area contributed by atoms with Gasteiger partial charge in [0, 0.05) is 37.0 Å². The van der Waals surface area contributed by atoms with Crippen molar-refractivity contribution in [3.05, 3.63) is 52.4 Å². The number of ether oxygens (including phenoxy) is 1. The van der Waals surface area contributed by atoms with Crippen molar-refractivity contribution in [1.29, 1.82) is 0 Å². The third kappa shape index (κ3) is 5.25. The number of hydrogen-bond acceptors (Lipinski definition) is 7. The molecule has 0 bridgehead atoms.